The van der Waals surface area contributed by atoms with E-state index in [1.54, 1.807) is 10.6 Å². The topological polar surface area (TPSA) is 92.3 Å². The molecule has 0 saturated carbocycles. The molecule has 1 aliphatic heterocycles. The summed E-state index contributed by atoms with van der Waals surface area (Å²) in [6.45, 7) is 0. The number of rotatable bonds is 0. The van der Waals surface area contributed by atoms with Crippen LogP contribution >= 0.6 is 0 Å². The molecule has 0 spiro atoms. The average molecular weight is 144 g/mol. The van der Waals surface area contributed by atoms with Gasteiger partial charge < -0.3 is 0 Å². The van der Waals surface area contributed by atoms with Crippen LogP contribution in [0, 0.1) is 0 Å². The zero-order valence-electron chi connectivity index (χ0n) is 4.63. The van der Waals surface area contributed by atoms with Crippen molar-refractivity contribution >= 4 is 23.6 Å². The minimum absolute atomic E-state index is 0.963. The lowest BCUT2D eigenvalue weighted by atomic mass is 10.5. The lowest BCUT2D eigenvalue weighted by Gasteiger charge is -2.07. The molecule has 2 N–H and O–H groups in total. The molecule has 1 fully saturated rings. The molecule has 0 aliphatic carbocycles. The van der Waals surface area contributed by atoms with E-state index >= 15 is 0 Å². The molecule has 0 bridgehead atoms. The zero-order valence-corrected chi connectivity index (χ0v) is 4.63. The number of carbonyl (C=O) groups excluding carboxylic acids is 4. The zero-order chi connectivity index (χ0) is 7.72. The Morgan fingerprint density at radius 2 is 1.20 bits per heavy atom. The molecule has 1 saturated heterocycles. The largest absolute Gasteiger partial charge is 0.328 e. The van der Waals surface area contributed by atoms with Crippen molar-refractivity contribution in [3.05, 3.63) is 0 Å². The van der Waals surface area contributed by atoms with Crippen LogP contribution in [0.5, 0.6) is 0 Å². The summed E-state index contributed by atoms with van der Waals surface area (Å²) in [5, 5.41) is 3.20. The SMILES string of the molecule is O=C1[14NH][13C](=O)[14NH][13C](=O)C1=O. The molecule has 52 valence electrons. The first-order valence-corrected chi connectivity index (χ1v) is 2.32. The molecule has 10 heavy (non-hydrogen) atoms. The van der Waals surface area contributed by atoms with Gasteiger partial charge in [-0.2, -0.15) is 0 Å². The Bertz CT molecular complexity index is 222. The number of imide groups is 2. The lowest BCUT2D eigenvalue weighted by molar-refractivity contribution is -0.146. The van der Waals surface area contributed by atoms with Crippen LogP contribution in [0.3, 0.4) is 0 Å². The maximum atomic E-state index is 10.3. The van der Waals surface area contributed by atoms with E-state index in [2.05, 4.69) is 0 Å². The molecular weight excluding hydrogens is 142 g/mol. The normalized spacial score (nSPS) is 18.4. The van der Waals surface area contributed by atoms with Crippen LogP contribution in [0.2, 0.25) is 0 Å². The van der Waals surface area contributed by atoms with E-state index in [1.807, 2.05) is 0 Å². The van der Waals surface area contributed by atoms with Gasteiger partial charge in [-0.15, -0.1) is 0 Å². The minimum Gasteiger partial charge on any atom is -0.277 e. The van der Waals surface area contributed by atoms with Crippen LogP contribution in [-0.4, -0.2) is 23.6 Å². The van der Waals surface area contributed by atoms with Crippen molar-refractivity contribution < 1.29 is 19.2 Å². The maximum absolute atomic E-state index is 10.3. The van der Waals surface area contributed by atoms with Crippen molar-refractivity contribution in [2.45, 2.75) is 0 Å². The van der Waals surface area contributed by atoms with Gasteiger partial charge in [-0.3, -0.25) is 25.0 Å². The number of ketones is 1. The molecule has 0 aromatic carbocycles. The van der Waals surface area contributed by atoms with Gasteiger partial charge in [-0.25, -0.2) is 4.79 Å². The van der Waals surface area contributed by atoms with Crippen molar-refractivity contribution in [2.24, 2.45) is 0 Å². The molecule has 6 heteroatoms. The number of nitrogens with one attached hydrogen (secondary N) is 2. The second kappa shape index (κ2) is 1.90. The van der Waals surface area contributed by atoms with Crippen molar-refractivity contribution in [1.29, 1.82) is 0 Å². The predicted octanol–water partition coefficient (Wildman–Crippen LogP) is -2.08. The maximum Gasteiger partial charge on any atom is 0.328 e. The van der Waals surface area contributed by atoms with E-state index in [0.29, 0.717) is 0 Å². The first-order valence-electron chi connectivity index (χ1n) is 2.32. The predicted molar refractivity (Wildman–Crippen MR) is 26.7 cm³/mol. The van der Waals surface area contributed by atoms with Crippen molar-refractivity contribution in [3.63, 3.8) is 0 Å². The van der Waals surface area contributed by atoms with Gasteiger partial charge in [0.25, 0.3) is 0 Å². The van der Waals surface area contributed by atoms with Gasteiger partial charge in [0.15, 0.2) is 0 Å². The van der Waals surface area contributed by atoms with Crippen LogP contribution in [0.25, 0.3) is 0 Å². The molecule has 0 aromatic rings. The van der Waals surface area contributed by atoms with Gasteiger partial charge in [0.1, 0.15) is 0 Å². The van der Waals surface area contributed by atoms with E-state index in [9.17, 15) is 19.2 Å². The molecule has 0 aromatic heterocycles. The van der Waals surface area contributed by atoms with E-state index in [-0.39, 0.29) is 0 Å². The summed E-state index contributed by atoms with van der Waals surface area (Å²) in [6.07, 6.45) is 0. The highest BCUT2D eigenvalue weighted by molar-refractivity contribution is 6.66. The molecule has 0 unspecified atom stereocenters. The molecule has 1 rings (SSSR count). The fraction of sp³-hybridized carbons (Fsp3) is 0. The third-order valence-electron chi connectivity index (χ3n) is 0.867. The average Bonchev–Trinajstić information content (AvgIpc) is 1.82. The highest BCUT2D eigenvalue weighted by atomic mass is 16.3. The number of barbiturate groups is 1. The summed E-state index contributed by atoms with van der Waals surface area (Å²) in [4.78, 5) is 41.1. The highest BCUT2D eigenvalue weighted by Gasteiger charge is 2.31. The monoisotopic (exact) mass is 144 g/mol. The highest BCUT2D eigenvalue weighted by Crippen LogP contribution is 1.81. The van der Waals surface area contributed by atoms with Crippen LogP contribution in [0.15, 0.2) is 0 Å². The Hall–Kier alpha value is -1.72. The van der Waals surface area contributed by atoms with Gasteiger partial charge in [-0.1, -0.05) is 0 Å². The number of hydrogen-bond donors (Lipinski definition) is 2. The standard InChI is InChI=1S/C4H2N2O4/c7-1-2(8)5-4(10)6-3(1)9/h(H2,5,6,8,9,10)/i2+1,4+1,5+0,6+0. The smallest absolute Gasteiger partial charge is 0.277 e. The number of Topliss-reactive ketones (excluding diaryl/α,β-unsaturated/α-hetero) is 1. The summed E-state index contributed by atoms with van der Waals surface area (Å²) in [7, 11) is 0. The molecule has 1 aliphatic rings. The third kappa shape index (κ3) is 0.859. The summed E-state index contributed by atoms with van der Waals surface area (Å²) in [6, 6.07) is -0.963. The number of carbonyl (C=O) groups is 4. The fourth-order valence-electron chi connectivity index (χ4n) is 0.454. The Balaban J connectivity index is 2.86. The summed E-state index contributed by atoms with van der Waals surface area (Å²) in [5.41, 5.74) is 0. The van der Waals surface area contributed by atoms with E-state index in [4.69, 9.17) is 0 Å². The Labute approximate surface area is 54.6 Å². The van der Waals surface area contributed by atoms with Gasteiger partial charge in [0.2, 0.25) is 0 Å². The summed E-state index contributed by atoms with van der Waals surface area (Å²) < 4.78 is 0. The molecule has 0 radical (unpaired) electrons. The first kappa shape index (κ1) is 6.40. The molecule has 4 amide bonds. The molecule has 0 atom stereocenters. The van der Waals surface area contributed by atoms with Gasteiger partial charge in [-0.05, 0) is 0 Å². The Morgan fingerprint density at radius 3 is 1.60 bits per heavy atom. The third-order valence-corrected chi connectivity index (χ3v) is 0.867. The second-order valence-electron chi connectivity index (χ2n) is 1.57. The Morgan fingerprint density at radius 1 is 0.800 bits per heavy atom. The molecule has 1 heterocycles. The van der Waals surface area contributed by atoms with E-state index in [1.165, 1.54) is 0 Å². The van der Waals surface area contributed by atoms with Gasteiger partial charge in [0.05, 0.1) is 0 Å². The quantitative estimate of drug-likeness (QED) is 0.301. The van der Waals surface area contributed by atoms with Crippen molar-refractivity contribution in [2.75, 3.05) is 0 Å². The van der Waals surface area contributed by atoms with E-state index in [0.717, 1.165) is 0 Å². The first-order chi connectivity index (χ1) is 4.61. The van der Waals surface area contributed by atoms with Gasteiger partial charge in [0, 0.05) is 0 Å². The van der Waals surface area contributed by atoms with E-state index < -0.39 is 23.6 Å². The fourth-order valence-corrected chi connectivity index (χ4v) is 0.454. The lowest BCUT2D eigenvalue weighted by Crippen LogP contribution is -2.56. The van der Waals surface area contributed by atoms with Crippen molar-refractivity contribution in [1.82, 2.24) is 10.6 Å². The summed E-state index contributed by atoms with van der Waals surface area (Å²) in [5.74, 6) is -3.62. The summed E-state index contributed by atoms with van der Waals surface area (Å²) >= 11 is 0. The molecular formula is C4H2N2O4. The second-order valence-corrected chi connectivity index (χ2v) is 1.57. The van der Waals surface area contributed by atoms with Crippen molar-refractivity contribution in [3.8, 4) is 0 Å². The Kier molecular flexibility index (Phi) is 1.22. The molecule has 6 nitrogen and oxygen atoms in total. The van der Waals surface area contributed by atoms with Crippen LogP contribution < -0.4 is 10.6 Å². The van der Waals surface area contributed by atoms with Crippen LogP contribution in [-0.2, 0) is 14.4 Å². The van der Waals surface area contributed by atoms with Gasteiger partial charge >= 0.3 is 23.6 Å². The van der Waals surface area contributed by atoms with Crippen LogP contribution in [0.4, 0.5) is 4.79 Å². The van der Waals surface area contributed by atoms with Crippen LogP contribution in [0.1, 0.15) is 0 Å². The number of hydrogen-bond acceptors (Lipinski definition) is 4. The number of urea groups is 1. The number of amides is 4. The minimum atomic E-state index is -1.25.